The van der Waals surface area contributed by atoms with Crippen LogP contribution in [-0.4, -0.2) is 51.3 Å². The number of nitrogen functional groups attached to an aromatic ring is 1. The van der Waals surface area contributed by atoms with Gasteiger partial charge >= 0.3 is 0 Å². The number of ether oxygens (including phenoxy) is 1. The second-order valence-electron chi connectivity index (χ2n) is 4.35. The number of hydrogen-bond donors (Lipinski definition) is 1. The Morgan fingerprint density at radius 1 is 1.18 bits per heavy atom. The molecular weight excluding hydrogens is 310 g/mol. The number of aromatic nitrogens is 6. The Kier molecular flexibility index (Phi) is 3.13. The Hall–Kier alpha value is -2.82. The summed E-state index contributed by atoms with van der Waals surface area (Å²) in [6.45, 7) is 0. The molecule has 0 aromatic carbocycles. The van der Waals surface area contributed by atoms with Gasteiger partial charge in [0.05, 0.1) is 7.11 Å². The Morgan fingerprint density at radius 3 is 2.64 bits per heavy atom. The van der Waals surface area contributed by atoms with Gasteiger partial charge in [-0.05, 0) is 6.07 Å². The van der Waals surface area contributed by atoms with E-state index in [1.165, 1.54) is 7.11 Å². The molecule has 0 atom stereocenters. The molecule has 3 aromatic heterocycles. The van der Waals surface area contributed by atoms with Gasteiger partial charge in [-0.3, -0.25) is 0 Å². The predicted octanol–water partition coefficient (Wildman–Crippen LogP) is -0.424. The van der Waals surface area contributed by atoms with Gasteiger partial charge in [-0.1, -0.05) is 6.07 Å². The Bertz CT molecular complexity index is 967. The minimum atomic E-state index is -3.60. The van der Waals surface area contributed by atoms with Gasteiger partial charge in [-0.2, -0.15) is 19.5 Å². The molecule has 0 saturated heterocycles. The minimum Gasteiger partial charge on any atom is -0.481 e. The fourth-order valence-electron chi connectivity index (χ4n) is 1.71. The number of sulfone groups is 1. The third-order valence-electron chi connectivity index (χ3n) is 2.71. The SMILES string of the molecule is COc1cccc(-c2nc3nc(S(C)(=O)=O)nc(N)n3n2)n1. The van der Waals surface area contributed by atoms with Gasteiger partial charge in [-0.15, -0.1) is 5.10 Å². The average molecular weight is 321 g/mol. The van der Waals surface area contributed by atoms with Crippen molar-refractivity contribution in [2.75, 3.05) is 19.1 Å². The van der Waals surface area contributed by atoms with Crippen molar-refractivity contribution in [3.8, 4) is 17.4 Å². The van der Waals surface area contributed by atoms with Gasteiger partial charge in [0, 0.05) is 12.3 Å². The van der Waals surface area contributed by atoms with E-state index in [1.807, 2.05) is 0 Å². The molecule has 3 aromatic rings. The van der Waals surface area contributed by atoms with Gasteiger partial charge in [0.15, 0.2) is 0 Å². The summed E-state index contributed by atoms with van der Waals surface area (Å²) in [5, 5.41) is 3.72. The molecule has 0 spiro atoms. The van der Waals surface area contributed by atoms with E-state index < -0.39 is 15.0 Å². The summed E-state index contributed by atoms with van der Waals surface area (Å²) < 4.78 is 29.2. The third-order valence-corrected chi connectivity index (χ3v) is 3.55. The number of nitrogens with two attached hydrogens (primary N) is 1. The summed E-state index contributed by atoms with van der Waals surface area (Å²) in [5.74, 6) is 0.511. The zero-order chi connectivity index (χ0) is 15.9. The molecule has 0 unspecified atom stereocenters. The minimum absolute atomic E-state index is 0.0209. The van der Waals surface area contributed by atoms with Crippen LogP contribution in [0, 0.1) is 0 Å². The smallest absolute Gasteiger partial charge is 0.258 e. The average Bonchev–Trinajstić information content (AvgIpc) is 2.91. The van der Waals surface area contributed by atoms with Crippen molar-refractivity contribution < 1.29 is 13.2 Å². The molecule has 0 aliphatic rings. The summed E-state index contributed by atoms with van der Waals surface area (Å²) >= 11 is 0. The molecule has 2 N–H and O–H groups in total. The number of fused-ring (bicyclic) bond motifs is 1. The van der Waals surface area contributed by atoms with Gasteiger partial charge in [0.25, 0.3) is 10.9 Å². The van der Waals surface area contributed by atoms with Crippen molar-refractivity contribution >= 4 is 21.6 Å². The number of rotatable bonds is 3. The normalized spacial score (nSPS) is 11.7. The number of methoxy groups -OCH3 is 1. The van der Waals surface area contributed by atoms with Crippen molar-refractivity contribution in [1.82, 2.24) is 29.5 Å². The van der Waals surface area contributed by atoms with E-state index in [0.29, 0.717) is 11.6 Å². The van der Waals surface area contributed by atoms with Crippen LogP contribution in [0.2, 0.25) is 0 Å². The lowest BCUT2D eigenvalue weighted by molar-refractivity contribution is 0.398. The second-order valence-corrected chi connectivity index (χ2v) is 6.26. The van der Waals surface area contributed by atoms with Crippen molar-refractivity contribution in [1.29, 1.82) is 0 Å². The maximum atomic E-state index is 11.5. The molecule has 3 heterocycles. The molecule has 0 fully saturated rings. The molecule has 0 aliphatic heterocycles. The summed E-state index contributed by atoms with van der Waals surface area (Å²) in [6, 6.07) is 5.08. The maximum Gasteiger partial charge on any atom is 0.258 e. The predicted molar refractivity (Wildman–Crippen MR) is 75.9 cm³/mol. The lowest BCUT2D eigenvalue weighted by Crippen LogP contribution is -2.11. The molecule has 0 radical (unpaired) electrons. The highest BCUT2D eigenvalue weighted by atomic mass is 32.2. The van der Waals surface area contributed by atoms with Crippen LogP contribution in [-0.2, 0) is 9.84 Å². The first-order chi connectivity index (χ1) is 10.4. The molecular formula is C11H11N7O3S. The van der Waals surface area contributed by atoms with E-state index in [0.717, 1.165) is 10.8 Å². The number of hydrogen-bond acceptors (Lipinski definition) is 9. The summed E-state index contributed by atoms with van der Waals surface area (Å²) in [5.41, 5.74) is 6.14. The molecule has 11 heteroatoms. The van der Waals surface area contributed by atoms with Crippen molar-refractivity contribution in [3.63, 3.8) is 0 Å². The molecule has 0 amide bonds. The van der Waals surface area contributed by atoms with E-state index in [9.17, 15) is 8.42 Å². The van der Waals surface area contributed by atoms with Crippen molar-refractivity contribution in [2.45, 2.75) is 5.16 Å². The molecule has 22 heavy (non-hydrogen) atoms. The lowest BCUT2D eigenvalue weighted by atomic mass is 10.3. The molecule has 3 rings (SSSR count). The summed E-state index contributed by atoms with van der Waals surface area (Å²) in [4.78, 5) is 15.9. The lowest BCUT2D eigenvalue weighted by Gasteiger charge is -1.99. The van der Waals surface area contributed by atoms with Crippen molar-refractivity contribution in [2.24, 2.45) is 0 Å². The quantitative estimate of drug-likeness (QED) is 0.681. The van der Waals surface area contributed by atoms with Crippen LogP contribution in [0.4, 0.5) is 5.95 Å². The first kappa shape index (κ1) is 14.1. The topological polar surface area (TPSA) is 138 Å². The van der Waals surface area contributed by atoms with Crippen LogP contribution >= 0.6 is 0 Å². The van der Waals surface area contributed by atoms with Crippen LogP contribution in [0.3, 0.4) is 0 Å². The molecule has 10 nitrogen and oxygen atoms in total. The molecule has 114 valence electrons. The molecule has 0 bridgehead atoms. The Balaban J connectivity index is 2.19. The Morgan fingerprint density at radius 2 is 1.95 bits per heavy atom. The van der Waals surface area contributed by atoms with E-state index in [-0.39, 0.29) is 17.6 Å². The summed E-state index contributed by atoms with van der Waals surface area (Å²) in [7, 11) is -2.11. The van der Waals surface area contributed by atoms with Crippen LogP contribution in [0.1, 0.15) is 0 Å². The van der Waals surface area contributed by atoms with Crippen molar-refractivity contribution in [3.05, 3.63) is 18.2 Å². The first-order valence-electron chi connectivity index (χ1n) is 6.00. The van der Waals surface area contributed by atoms with Gasteiger partial charge < -0.3 is 10.5 Å². The number of pyridine rings is 1. The van der Waals surface area contributed by atoms with E-state index in [2.05, 4.69) is 25.0 Å². The maximum absolute atomic E-state index is 11.5. The van der Waals surface area contributed by atoms with Crippen LogP contribution in [0.15, 0.2) is 23.4 Å². The number of nitrogens with zero attached hydrogens (tertiary/aromatic N) is 6. The van der Waals surface area contributed by atoms with E-state index >= 15 is 0 Å². The highest BCUT2D eigenvalue weighted by Gasteiger charge is 2.18. The highest BCUT2D eigenvalue weighted by molar-refractivity contribution is 7.90. The monoisotopic (exact) mass is 321 g/mol. The van der Waals surface area contributed by atoms with Gasteiger partial charge in [-0.25, -0.2) is 13.4 Å². The van der Waals surface area contributed by atoms with Crippen LogP contribution < -0.4 is 10.5 Å². The van der Waals surface area contributed by atoms with Crippen LogP contribution in [0.25, 0.3) is 17.3 Å². The highest BCUT2D eigenvalue weighted by Crippen LogP contribution is 2.18. The van der Waals surface area contributed by atoms with Crippen LogP contribution in [0.5, 0.6) is 5.88 Å². The standard InChI is InChI=1S/C11H11N7O3S/c1-21-7-5-3-4-6(13-7)8-14-10-16-11(22(2,19)20)15-9(12)18(10)17-8/h3-5H,1-2H3,(H2,12,14,15,16,17). The second kappa shape index (κ2) is 4.87. The van der Waals surface area contributed by atoms with E-state index in [1.54, 1.807) is 18.2 Å². The third kappa shape index (κ3) is 2.41. The summed E-state index contributed by atoms with van der Waals surface area (Å²) in [6.07, 6.45) is 0.985. The van der Waals surface area contributed by atoms with Gasteiger partial charge in [0.1, 0.15) is 5.69 Å². The fourth-order valence-corrected chi connectivity index (χ4v) is 2.22. The molecule has 0 aliphatic carbocycles. The fraction of sp³-hybridized carbons (Fsp3) is 0.182. The Labute approximate surface area is 124 Å². The number of anilines is 1. The zero-order valence-electron chi connectivity index (χ0n) is 11.6. The van der Waals surface area contributed by atoms with Gasteiger partial charge in [0.2, 0.25) is 27.5 Å². The largest absolute Gasteiger partial charge is 0.481 e. The molecule has 0 saturated carbocycles. The zero-order valence-corrected chi connectivity index (χ0v) is 12.4. The first-order valence-corrected chi connectivity index (χ1v) is 7.89. The van der Waals surface area contributed by atoms with E-state index in [4.69, 9.17) is 10.5 Å².